The molecule has 0 aliphatic heterocycles. The Bertz CT molecular complexity index is 462. The summed E-state index contributed by atoms with van der Waals surface area (Å²) in [6, 6.07) is 6.83. The number of nitrogens with two attached hydrogens (primary N) is 1. The fourth-order valence-electron chi connectivity index (χ4n) is 2.20. The average molecular weight is 279 g/mol. The molecule has 1 aromatic rings. The van der Waals surface area contributed by atoms with E-state index in [1.165, 1.54) is 12.1 Å². The molecule has 5 heteroatoms. The predicted molar refractivity (Wildman–Crippen MR) is 76.5 cm³/mol. The number of rotatable bonds is 7. The molecule has 4 nitrogen and oxygen atoms in total. The number of carbonyl (C=O) groups excluding carboxylic acids is 1. The lowest BCUT2D eigenvalue weighted by molar-refractivity contribution is -0.122. The van der Waals surface area contributed by atoms with E-state index in [1.54, 1.807) is 6.07 Å². The molecule has 0 bridgehead atoms. The molecule has 0 radical (unpaired) electrons. The Balaban J connectivity index is 1.87. The quantitative estimate of drug-likeness (QED) is 0.790. The lowest BCUT2D eigenvalue weighted by atomic mass is 10.1. The molecule has 1 atom stereocenters. The third-order valence-corrected chi connectivity index (χ3v) is 3.58. The second-order valence-corrected chi connectivity index (χ2v) is 5.48. The molecule has 1 aliphatic carbocycles. The molecule has 20 heavy (non-hydrogen) atoms. The van der Waals surface area contributed by atoms with E-state index < -0.39 is 0 Å². The van der Waals surface area contributed by atoms with Gasteiger partial charge in [-0.2, -0.15) is 0 Å². The molecule has 0 heterocycles. The average Bonchev–Trinajstić information content (AvgIpc) is 3.19. The standard InChI is InChI=1S/C15H22FN3O/c1-19(10-11-3-2-4-12(16)7-11)14(9-17)8-15(20)18-13-5-6-13/h2-4,7,13-14H,5-6,8-10,17H2,1H3,(H,18,20). The van der Waals surface area contributed by atoms with E-state index >= 15 is 0 Å². The van der Waals surface area contributed by atoms with Crippen molar-refractivity contribution in [2.75, 3.05) is 13.6 Å². The zero-order chi connectivity index (χ0) is 14.5. The van der Waals surface area contributed by atoms with Gasteiger partial charge in [-0.25, -0.2) is 4.39 Å². The number of hydrogen-bond donors (Lipinski definition) is 2. The predicted octanol–water partition coefficient (Wildman–Crippen LogP) is 1.25. The highest BCUT2D eigenvalue weighted by Gasteiger charge is 2.25. The van der Waals surface area contributed by atoms with Crippen molar-refractivity contribution in [3.63, 3.8) is 0 Å². The Hall–Kier alpha value is -1.46. The molecule has 0 aromatic heterocycles. The van der Waals surface area contributed by atoms with Gasteiger partial charge in [0.1, 0.15) is 5.82 Å². The molecule has 1 fully saturated rings. The summed E-state index contributed by atoms with van der Waals surface area (Å²) in [5.41, 5.74) is 6.64. The largest absolute Gasteiger partial charge is 0.353 e. The number of amides is 1. The van der Waals surface area contributed by atoms with Gasteiger partial charge >= 0.3 is 0 Å². The van der Waals surface area contributed by atoms with Crippen molar-refractivity contribution in [2.24, 2.45) is 5.73 Å². The van der Waals surface area contributed by atoms with Crippen LogP contribution < -0.4 is 11.1 Å². The number of carbonyl (C=O) groups is 1. The lowest BCUT2D eigenvalue weighted by Crippen LogP contribution is -2.41. The fraction of sp³-hybridized carbons (Fsp3) is 0.533. The summed E-state index contributed by atoms with van der Waals surface area (Å²) in [5.74, 6) is -0.194. The van der Waals surface area contributed by atoms with Gasteiger partial charge in [-0.1, -0.05) is 12.1 Å². The minimum absolute atomic E-state index is 0.0305. The van der Waals surface area contributed by atoms with Crippen LogP contribution in [0.15, 0.2) is 24.3 Å². The van der Waals surface area contributed by atoms with Gasteiger partial charge in [-0.15, -0.1) is 0 Å². The number of halogens is 1. The minimum Gasteiger partial charge on any atom is -0.353 e. The number of nitrogens with zero attached hydrogens (tertiary/aromatic N) is 1. The molecule has 1 aromatic carbocycles. The SMILES string of the molecule is CN(Cc1cccc(F)c1)C(CN)CC(=O)NC1CC1. The molecule has 1 amide bonds. The molecule has 0 spiro atoms. The highest BCUT2D eigenvalue weighted by molar-refractivity contribution is 5.77. The van der Waals surface area contributed by atoms with Gasteiger partial charge in [-0.3, -0.25) is 9.69 Å². The fourth-order valence-corrected chi connectivity index (χ4v) is 2.20. The van der Waals surface area contributed by atoms with Gasteiger partial charge in [0.2, 0.25) is 5.91 Å². The minimum atomic E-state index is -0.244. The number of likely N-dealkylation sites (N-methyl/N-ethyl adjacent to an activating group) is 1. The third-order valence-electron chi connectivity index (χ3n) is 3.58. The Morgan fingerprint density at radius 2 is 2.30 bits per heavy atom. The highest BCUT2D eigenvalue weighted by atomic mass is 19.1. The summed E-state index contributed by atoms with van der Waals surface area (Å²) in [5, 5.41) is 2.97. The third kappa shape index (κ3) is 4.58. The maximum atomic E-state index is 13.2. The molecule has 1 unspecified atom stereocenters. The van der Waals surface area contributed by atoms with Crippen molar-refractivity contribution in [3.8, 4) is 0 Å². The molecule has 1 saturated carbocycles. The second-order valence-electron chi connectivity index (χ2n) is 5.48. The van der Waals surface area contributed by atoms with Gasteiger partial charge in [0.15, 0.2) is 0 Å². The van der Waals surface area contributed by atoms with Crippen molar-refractivity contribution in [1.82, 2.24) is 10.2 Å². The van der Waals surface area contributed by atoms with Crippen molar-refractivity contribution in [1.29, 1.82) is 0 Å². The first-order chi connectivity index (χ1) is 9.58. The van der Waals surface area contributed by atoms with Gasteiger partial charge in [-0.05, 0) is 37.6 Å². The van der Waals surface area contributed by atoms with Gasteiger partial charge < -0.3 is 11.1 Å². The molecule has 0 saturated heterocycles. The molecule has 2 rings (SSSR count). The number of nitrogens with one attached hydrogen (secondary N) is 1. The van der Waals surface area contributed by atoms with Gasteiger partial charge in [0, 0.05) is 31.6 Å². The van der Waals surface area contributed by atoms with Crippen LogP contribution in [-0.4, -0.2) is 36.5 Å². The van der Waals surface area contributed by atoms with Crippen LogP contribution in [0.5, 0.6) is 0 Å². The van der Waals surface area contributed by atoms with Crippen LogP contribution in [0.4, 0.5) is 4.39 Å². The monoisotopic (exact) mass is 279 g/mol. The summed E-state index contributed by atoms with van der Waals surface area (Å²) in [4.78, 5) is 13.8. The first kappa shape index (κ1) is 14.9. The molecular formula is C15H22FN3O. The summed E-state index contributed by atoms with van der Waals surface area (Å²) in [6.45, 7) is 0.986. The van der Waals surface area contributed by atoms with Crippen LogP contribution in [0, 0.1) is 5.82 Å². The maximum absolute atomic E-state index is 13.2. The van der Waals surface area contributed by atoms with E-state index in [4.69, 9.17) is 5.73 Å². The smallest absolute Gasteiger partial charge is 0.221 e. The normalized spacial score (nSPS) is 16.2. The van der Waals surface area contributed by atoms with Crippen molar-refractivity contribution >= 4 is 5.91 Å². The first-order valence-corrected chi connectivity index (χ1v) is 7.02. The molecular weight excluding hydrogens is 257 g/mol. The summed E-state index contributed by atoms with van der Waals surface area (Å²) < 4.78 is 13.2. The van der Waals surface area contributed by atoms with Crippen LogP contribution in [0.25, 0.3) is 0 Å². The van der Waals surface area contributed by atoms with Gasteiger partial charge in [0.25, 0.3) is 0 Å². The van der Waals surface area contributed by atoms with E-state index in [0.29, 0.717) is 25.6 Å². The summed E-state index contributed by atoms with van der Waals surface area (Å²) in [6.07, 6.45) is 2.55. The number of benzene rings is 1. The Labute approximate surface area is 119 Å². The number of hydrogen-bond acceptors (Lipinski definition) is 3. The van der Waals surface area contributed by atoms with Crippen LogP contribution >= 0.6 is 0 Å². The summed E-state index contributed by atoms with van der Waals surface area (Å²) >= 11 is 0. The zero-order valence-electron chi connectivity index (χ0n) is 11.8. The first-order valence-electron chi connectivity index (χ1n) is 7.02. The molecule has 3 N–H and O–H groups in total. The van der Waals surface area contributed by atoms with Crippen molar-refractivity contribution < 1.29 is 9.18 Å². The van der Waals surface area contributed by atoms with Crippen LogP contribution in [0.1, 0.15) is 24.8 Å². The van der Waals surface area contributed by atoms with E-state index in [1.807, 2.05) is 18.0 Å². The molecule has 1 aliphatic rings. The van der Waals surface area contributed by atoms with E-state index in [-0.39, 0.29) is 17.8 Å². The topological polar surface area (TPSA) is 58.4 Å². The zero-order valence-corrected chi connectivity index (χ0v) is 11.8. The van der Waals surface area contributed by atoms with Gasteiger partial charge in [0.05, 0.1) is 0 Å². The van der Waals surface area contributed by atoms with E-state index in [9.17, 15) is 9.18 Å². The van der Waals surface area contributed by atoms with Crippen molar-refractivity contribution in [3.05, 3.63) is 35.6 Å². The highest BCUT2D eigenvalue weighted by Crippen LogP contribution is 2.19. The van der Waals surface area contributed by atoms with Crippen molar-refractivity contribution in [2.45, 2.75) is 37.9 Å². The lowest BCUT2D eigenvalue weighted by Gasteiger charge is -2.26. The Morgan fingerprint density at radius 1 is 1.55 bits per heavy atom. The van der Waals surface area contributed by atoms with Crippen LogP contribution in [0.3, 0.4) is 0 Å². The maximum Gasteiger partial charge on any atom is 0.221 e. The van der Waals surface area contributed by atoms with Crippen LogP contribution in [0.2, 0.25) is 0 Å². The van der Waals surface area contributed by atoms with E-state index in [0.717, 1.165) is 18.4 Å². The Morgan fingerprint density at radius 3 is 2.90 bits per heavy atom. The summed E-state index contributed by atoms with van der Waals surface area (Å²) in [7, 11) is 1.91. The van der Waals surface area contributed by atoms with Crippen LogP contribution in [-0.2, 0) is 11.3 Å². The second kappa shape index (κ2) is 6.81. The molecule has 110 valence electrons. The Kier molecular flexibility index (Phi) is 5.09. The van der Waals surface area contributed by atoms with E-state index in [2.05, 4.69) is 5.32 Å².